The summed E-state index contributed by atoms with van der Waals surface area (Å²) in [5.74, 6) is -0.976. The number of hydrogen-bond acceptors (Lipinski definition) is 4. The molecule has 0 N–H and O–H groups in total. The van der Waals surface area contributed by atoms with Gasteiger partial charge in [-0.05, 0) is 12.3 Å². The minimum Gasteiger partial charge on any atom is -0.550 e. The van der Waals surface area contributed by atoms with Gasteiger partial charge in [-0.15, -0.1) is 0 Å². The SMILES string of the molecule is CCCCCCCCCC(C)CCC(=O)OC(CC(=O)[O-])C[N+](C)(C)C. The third kappa shape index (κ3) is 16.4. The first kappa shape index (κ1) is 24.9. The lowest BCUT2D eigenvalue weighted by Gasteiger charge is -2.29. The molecule has 5 nitrogen and oxygen atoms in total. The van der Waals surface area contributed by atoms with E-state index >= 15 is 0 Å². The van der Waals surface area contributed by atoms with E-state index in [2.05, 4.69) is 13.8 Å². The van der Waals surface area contributed by atoms with Gasteiger partial charge in [0.2, 0.25) is 0 Å². The summed E-state index contributed by atoms with van der Waals surface area (Å²) >= 11 is 0. The maximum absolute atomic E-state index is 12.1. The van der Waals surface area contributed by atoms with Crippen molar-refractivity contribution in [2.75, 3.05) is 27.7 Å². The zero-order valence-corrected chi connectivity index (χ0v) is 17.7. The molecule has 2 unspecified atom stereocenters. The Bertz CT molecular complexity index is 390. The molecule has 154 valence electrons. The quantitative estimate of drug-likeness (QED) is 0.237. The molecular weight excluding hydrogens is 330 g/mol. The average molecular weight is 372 g/mol. The second-order valence-corrected chi connectivity index (χ2v) is 8.71. The van der Waals surface area contributed by atoms with Crippen molar-refractivity contribution in [3.8, 4) is 0 Å². The van der Waals surface area contributed by atoms with Gasteiger partial charge in [0, 0.05) is 18.8 Å². The highest BCUT2D eigenvalue weighted by molar-refractivity contribution is 5.70. The van der Waals surface area contributed by atoms with E-state index in [0.717, 1.165) is 12.8 Å². The van der Waals surface area contributed by atoms with Gasteiger partial charge in [-0.2, -0.15) is 0 Å². The minimum atomic E-state index is -1.18. The second kappa shape index (κ2) is 14.0. The fraction of sp³-hybridized carbons (Fsp3) is 0.905. The monoisotopic (exact) mass is 371 g/mol. The normalized spacial score (nSPS) is 14.0. The standard InChI is InChI=1S/C21H41NO4/c1-6-7-8-9-10-11-12-13-18(2)14-15-21(25)26-19(16-20(23)24)17-22(3,4)5/h18-19H,6-17H2,1-5H3. The molecular formula is C21H41NO4. The van der Waals surface area contributed by atoms with Crippen LogP contribution in [0.5, 0.6) is 0 Å². The smallest absolute Gasteiger partial charge is 0.306 e. The number of rotatable bonds is 16. The number of likely N-dealkylation sites (N-methyl/N-ethyl adjacent to an activating group) is 1. The minimum absolute atomic E-state index is 0.241. The van der Waals surface area contributed by atoms with Crippen molar-refractivity contribution >= 4 is 11.9 Å². The zero-order chi connectivity index (χ0) is 20.0. The van der Waals surface area contributed by atoms with E-state index in [1.165, 1.54) is 44.9 Å². The van der Waals surface area contributed by atoms with Crippen LogP contribution in [0.15, 0.2) is 0 Å². The molecule has 0 fully saturated rings. The number of carbonyl (C=O) groups excluding carboxylic acids is 2. The van der Waals surface area contributed by atoms with Crippen molar-refractivity contribution in [2.45, 2.75) is 90.6 Å². The van der Waals surface area contributed by atoms with Gasteiger partial charge in [-0.3, -0.25) is 4.79 Å². The average Bonchev–Trinajstić information content (AvgIpc) is 2.49. The summed E-state index contributed by atoms with van der Waals surface area (Å²) in [4.78, 5) is 22.9. The Morgan fingerprint density at radius 1 is 0.962 bits per heavy atom. The molecule has 0 rings (SSSR count). The topological polar surface area (TPSA) is 66.4 Å². The number of quaternary nitrogens is 1. The summed E-state index contributed by atoms with van der Waals surface area (Å²) in [7, 11) is 5.83. The second-order valence-electron chi connectivity index (χ2n) is 8.71. The van der Waals surface area contributed by atoms with Gasteiger partial charge in [-0.25, -0.2) is 0 Å². The van der Waals surface area contributed by atoms with Crippen LogP contribution >= 0.6 is 0 Å². The van der Waals surface area contributed by atoms with Crippen LogP contribution in [0.25, 0.3) is 0 Å². The fourth-order valence-electron chi connectivity index (χ4n) is 3.14. The van der Waals surface area contributed by atoms with Gasteiger partial charge in [0.15, 0.2) is 6.10 Å². The summed E-state index contributed by atoms with van der Waals surface area (Å²) in [5, 5.41) is 10.9. The van der Waals surface area contributed by atoms with E-state index in [-0.39, 0.29) is 12.4 Å². The molecule has 0 amide bonds. The molecule has 5 heteroatoms. The number of carboxylic acids is 1. The van der Waals surface area contributed by atoms with Gasteiger partial charge < -0.3 is 19.1 Å². The summed E-state index contributed by atoms with van der Waals surface area (Å²) in [5.41, 5.74) is 0. The van der Waals surface area contributed by atoms with Crippen LogP contribution in [0.3, 0.4) is 0 Å². The lowest BCUT2D eigenvalue weighted by Crippen LogP contribution is -2.45. The Morgan fingerprint density at radius 2 is 1.54 bits per heavy atom. The predicted octanol–water partition coefficient (Wildman–Crippen LogP) is 3.30. The molecule has 2 atom stereocenters. The third-order valence-electron chi connectivity index (χ3n) is 4.59. The van der Waals surface area contributed by atoms with E-state index < -0.39 is 12.1 Å². The molecule has 0 aliphatic heterocycles. The fourth-order valence-corrected chi connectivity index (χ4v) is 3.14. The first-order valence-corrected chi connectivity index (χ1v) is 10.3. The predicted molar refractivity (Wildman–Crippen MR) is 103 cm³/mol. The first-order chi connectivity index (χ1) is 12.1. The molecule has 0 aromatic rings. The van der Waals surface area contributed by atoms with Crippen LogP contribution < -0.4 is 5.11 Å². The van der Waals surface area contributed by atoms with Crippen LogP contribution in [0, 0.1) is 5.92 Å². The molecule has 0 saturated carbocycles. The summed E-state index contributed by atoms with van der Waals surface area (Å²) < 4.78 is 5.93. The van der Waals surface area contributed by atoms with Crippen molar-refractivity contribution in [1.29, 1.82) is 0 Å². The van der Waals surface area contributed by atoms with E-state index in [0.29, 0.717) is 23.4 Å². The Balaban J connectivity index is 3.97. The lowest BCUT2D eigenvalue weighted by molar-refractivity contribution is -0.873. The highest BCUT2D eigenvalue weighted by Crippen LogP contribution is 2.17. The zero-order valence-electron chi connectivity index (χ0n) is 17.7. The van der Waals surface area contributed by atoms with Crippen molar-refractivity contribution in [3.63, 3.8) is 0 Å². The Kier molecular flexibility index (Phi) is 13.4. The molecule has 0 saturated heterocycles. The van der Waals surface area contributed by atoms with Gasteiger partial charge in [0.25, 0.3) is 0 Å². The van der Waals surface area contributed by atoms with Crippen LogP contribution in [0.1, 0.15) is 84.5 Å². The van der Waals surface area contributed by atoms with Gasteiger partial charge in [-0.1, -0.05) is 65.2 Å². The molecule has 0 aliphatic rings. The number of unbranched alkanes of at least 4 members (excludes halogenated alkanes) is 6. The van der Waals surface area contributed by atoms with Gasteiger partial charge in [0.05, 0.1) is 21.1 Å². The van der Waals surface area contributed by atoms with Crippen molar-refractivity contribution in [3.05, 3.63) is 0 Å². The highest BCUT2D eigenvalue weighted by atomic mass is 16.5. The van der Waals surface area contributed by atoms with E-state index in [4.69, 9.17) is 4.74 Å². The lowest BCUT2D eigenvalue weighted by atomic mass is 9.97. The molecule has 0 aromatic carbocycles. The number of carbonyl (C=O) groups is 2. The summed E-state index contributed by atoms with van der Waals surface area (Å²) in [6, 6.07) is 0. The molecule has 0 spiro atoms. The molecule has 0 radical (unpaired) electrons. The number of hydrogen-bond donors (Lipinski definition) is 0. The van der Waals surface area contributed by atoms with Crippen molar-refractivity contribution in [1.82, 2.24) is 0 Å². The van der Waals surface area contributed by atoms with Crippen LogP contribution in [0.2, 0.25) is 0 Å². The number of carboxylic acid groups (broad SMARTS) is 1. The summed E-state index contributed by atoms with van der Waals surface area (Å²) in [6.45, 7) is 4.87. The molecule has 0 aliphatic carbocycles. The van der Waals surface area contributed by atoms with E-state index in [1.54, 1.807) is 0 Å². The van der Waals surface area contributed by atoms with E-state index in [1.807, 2.05) is 21.1 Å². The highest BCUT2D eigenvalue weighted by Gasteiger charge is 2.22. The Labute approximate surface area is 160 Å². The Hall–Kier alpha value is -1.10. The molecule has 0 aromatic heterocycles. The third-order valence-corrected chi connectivity index (χ3v) is 4.59. The first-order valence-electron chi connectivity index (χ1n) is 10.3. The van der Waals surface area contributed by atoms with Crippen LogP contribution in [0.4, 0.5) is 0 Å². The maximum Gasteiger partial charge on any atom is 0.306 e. The largest absolute Gasteiger partial charge is 0.550 e. The van der Waals surface area contributed by atoms with Crippen molar-refractivity contribution in [2.24, 2.45) is 5.92 Å². The number of nitrogens with zero attached hydrogens (tertiary/aromatic N) is 1. The summed E-state index contributed by atoms with van der Waals surface area (Å²) in [6.07, 6.45) is 10.5. The van der Waals surface area contributed by atoms with E-state index in [9.17, 15) is 14.7 Å². The Morgan fingerprint density at radius 3 is 2.08 bits per heavy atom. The maximum atomic E-state index is 12.1. The number of aliphatic carboxylic acids is 1. The number of esters is 1. The molecule has 26 heavy (non-hydrogen) atoms. The number of ether oxygens (including phenoxy) is 1. The molecule has 0 heterocycles. The van der Waals surface area contributed by atoms with Gasteiger partial charge in [0.1, 0.15) is 6.54 Å². The van der Waals surface area contributed by atoms with Crippen LogP contribution in [-0.4, -0.2) is 50.2 Å². The van der Waals surface area contributed by atoms with Gasteiger partial charge >= 0.3 is 5.97 Å². The molecule has 0 bridgehead atoms. The van der Waals surface area contributed by atoms with Crippen LogP contribution in [-0.2, 0) is 14.3 Å². The van der Waals surface area contributed by atoms with Crippen molar-refractivity contribution < 1.29 is 23.9 Å².